The molecule has 0 unspecified atom stereocenters. The molecule has 0 aliphatic carbocycles. The number of nitro groups is 2. The van der Waals surface area contributed by atoms with E-state index in [4.69, 9.17) is 12.2 Å². The molecule has 1 aromatic heterocycles. The highest BCUT2D eigenvalue weighted by atomic mass is 32.2. The summed E-state index contributed by atoms with van der Waals surface area (Å²) in [7, 11) is 0. The molecule has 9 heteroatoms. The first kappa shape index (κ1) is 11.0. The van der Waals surface area contributed by atoms with Crippen LogP contribution in [0.15, 0.2) is 12.1 Å². The van der Waals surface area contributed by atoms with Crippen molar-refractivity contribution in [2.75, 3.05) is 0 Å². The molecule has 1 heterocycles. The van der Waals surface area contributed by atoms with Gasteiger partial charge >= 0.3 is 0 Å². The zero-order chi connectivity index (χ0) is 11.9. The van der Waals surface area contributed by atoms with Gasteiger partial charge in [-0.05, 0) is 0 Å². The quantitative estimate of drug-likeness (QED) is 0.475. The summed E-state index contributed by atoms with van der Waals surface area (Å²) in [6.07, 6.45) is 0. The predicted molar refractivity (Wildman–Crippen MR) is 63.8 cm³/mol. The molecule has 0 amide bonds. The van der Waals surface area contributed by atoms with Crippen molar-refractivity contribution in [1.29, 1.82) is 0 Å². The second-order valence-corrected chi connectivity index (χ2v) is 6.02. The highest BCUT2D eigenvalue weighted by molar-refractivity contribution is 7.77. The highest BCUT2D eigenvalue weighted by Crippen LogP contribution is 2.38. The smallest absolute Gasteiger partial charge is 0.258 e. The van der Waals surface area contributed by atoms with Crippen molar-refractivity contribution >= 4 is 55.7 Å². The highest BCUT2D eigenvalue weighted by Gasteiger charge is 2.21. The Morgan fingerprint density at radius 1 is 1.12 bits per heavy atom. The first-order valence-corrected chi connectivity index (χ1v) is 5.89. The van der Waals surface area contributed by atoms with Gasteiger partial charge in [0.15, 0.2) is 0 Å². The standard InChI is InChI=1S/C7H2N2O4S3/c10-8(11)3-1-4(9(12)13)6-5(2-3)15-7(14)16-6/h1-2H. The van der Waals surface area contributed by atoms with Crippen LogP contribution in [-0.2, 0) is 0 Å². The van der Waals surface area contributed by atoms with Gasteiger partial charge in [-0.3, -0.25) is 20.2 Å². The molecular weight excluding hydrogens is 272 g/mol. The maximum Gasteiger partial charge on any atom is 0.294 e. The lowest BCUT2D eigenvalue weighted by Gasteiger charge is -1.94. The molecular formula is C7H2N2O4S3. The van der Waals surface area contributed by atoms with Crippen LogP contribution >= 0.6 is 34.9 Å². The molecule has 0 saturated heterocycles. The number of nitrogens with zero attached hydrogens (tertiary/aromatic N) is 2. The molecule has 0 aliphatic heterocycles. The van der Waals surface area contributed by atoms with Crippen LogP contribution in [0.3, 0.4) is 0 Å². The molecule has 0 N–H and O–H groups in total. The Balaban J connectivity index is 2.88. The average Bonchev–Trinajstić information content (AvgIpc) is 2.55. The van der Waals surface area contributed by atoms with Gasteiger partial charge in [0.05, 0.1) is 20.6 Å². The molecule has 82 valence electrons. The first-order valence-electron chi connectivity index (χ1n) is 3.85. The monoisotopic (exact) mass is 274 g/mol. The molecule has 1 aromatic carbocycles. The van der Waals surface area contributed by atoms with Gasteiger partial charge in [-0.1, -0.05) is 12.2 Å². The van der Waals surface area contributed by atoms with Gasteiger partial charge in [0.2, 0.25) is 0 Å². The Morgan fingerprint density at radius 2 is 1.81 bits per heavy atom. The Kier molecular flexibility index (Phi) is 2.66. The van der Waals surface area contributed by atoms with Crippen molar-refractivity contribution < 1.29 is 9.85 Å². The summed E-state index contributed by atoms with van der Waals surface area (Å²) in [5.41, 5.74) is -0.551. The lowest BCUT2D eigenvalue weighted by molar-refractivity contribution is -0.392. The van der Waals surface area contributed by atoms with Crippen molar-refractivity contribution in [3.63, 3.8) is 0 Å². The average molecular weight is 274 g/mol. The third-order valence-corrected chi connectivity index (χ3v) is 4.44. The fourth-order valence-electron chi connectivity index (χ4n) is 1.19. The first-order chi connectivity index (χ1) is 7.49. The molecule has 0 saturated carbocycles. The summed E-state index contributed by atoms with van der Waals surface area (Å²) in [6, 6.07) is 2.26. The van der Waals surface area contributed by atoms with E-state index in [0.29, 0.717) is 12.5 Å². The molecule has 16 heavy (non-hydrogen) atoms. The minimum atomic E-state index is -0.653. The molecule has 0 aliphatic rings. The lowest BCUT2D eigenvalue weighted by atomic mass is 10.3. The minimum absolute atomic E-state index is 0.262. The van der Waals surface area contributed by atoms with Crippen LogP contribution in [-0.4, -0.2) is 9.85 Å². The van der Waals surface area contributed by atoms with Crippen molar-refractivity contribution in [2.45, 2.75) is 0 Å². The summed E-state index contributed by atoms with van der Waals surface area (Å²) in [5, 5.41) is 21.4. The third-order valence-electron chi connectivity index (χ3n) is 1.81. The topological polar surface area (TPSA) is 86.3 Å². The molecule has 0 spiro atoms. The number of benzene rings is 1. The largest absolute Gasteiger partial charge is 0.294 e. The van der Waals surface area contributed by atoms with Crippen molar-refractivity contribution in [3.8, 4) is 0 Å². The second kappa shape index (κ2) is 3.85. The van der Waals surface area contributed by atoms with Crippen LogP contribution in [0.5, 0.6) is 0 Å². The molecule has 0 radical (unpaired) electrons. The number of hydrogen-bond acceptors (Lipinski definition) is 7. The van der Waals surface area contributed by atoms with Gasteiger partial charge in [0.1, 0.15) is 7.84 Å². The van der Waals surface area contributed by atoms with Crippen LogP contribution in [0.25, 0.3) is 9.40 Å². The number of rotatable bonds is 2. The summed E-state index contributed by atoms with van der Waals surface area (Å²) < 4.78 is 1.39. The van der Waals surface area contributed by atoms with E-state index in [9.17, 15) is 20.2 Å². The number of non-ortho nitro benzene ring substituents is 2. The van der Waals surface area contributed by atoms with E-state index in [1.807, 2.05) is 0 Å². The van der Waals surface area contributed by atoms with E-state index in [2.05, 4.69) is 0 Å². The van der Waals surface area contributed by atoms with Crippen molar-refractivity contribution in [2.24, 2.45) is 0 Å². The fourth-order valence-corrected chi connectivity index (χ4v) is 3.76. The lowest BCUT2D eigenvalue weighted by Crippen LogP contribution is -1.92. The maximum absolute atomic E-state index is 10.8. The van der Waals surface area contributed by atoms with Gasteiger partial charge in [-0.25, -0.2) is 0 Å². The maximum atomic E-state index is 10.8. The third kappa shape index (κ3) is 1.79. The van der Waals surface area contributed by atoms with Crippen LogP contribution in [0.2, 0.25) is 0 Å². The second-order valence-electron chi connectivity index (χ2n) is 2.76. The zero-order valence-electron chi connectivity index (χ0n) is 7.41. The molecule has 6 nitrogen and oxygen atoms in total. The van der Waals surface area contributed by atoms with E-state index < -0.39 is 9.85 Å². The molecule has 0 atom stereocenters. The summed E-state index contributed by atoms with van der Waals surface area (Å²) in [4.78, 5) is 20.1. The van der Waals surface area contributed by atoms with E-state index >= 15 is 0 Å². The zero-order valence-corrected chi connectivity index (χ0v) is 9.86. The number of hydrogen-bond donors (Lipinski definition) is 0. The van der Waals surface area contributed by atoms with E-state index in [1.165, 1.54) is 6.07 Å². The summed E-state index contributed by atoms with van der Waals surface area (Å²) in [6.45, 7) is 0. The summed E-state index contributed by atoms with van der Waals surface area (Å²) in [5.74, 6) is 0. The van der Waals surface area contributed by atoms with Crippen molar-refractivity contribution in [1.82, 2.24) is 0 Å². The van der Waals surface area contributed by atoms with Crippen LogP contribution in [0, 0.1) is 23.4 Å². The number of nitro benzene ring substituents is 2. The van der Waals surface area contributed by atoms with Gasteiger partial charge < -0.3 is 0 Å². The SMILES string of the molecule is O=[N+]([O-])c1cc([N+](=O)[O-])c2sc(=S)sc2c1. The Labute approximate surface area is 101 Å². The van der Waals surface area contributed by atoms with Crippen molar-refractivity contribution in [3.05, 3.63) is 35.5 Å². The van der Waals surface area contributed by atoms with Crippen LogP contribution in [0.4, 0.5) is 11.4 Å². The van der Waals surface area contributed by atoms with Gasteiger partial charge in [-0.2, -0.15) is 0 Å². The van der Waals surface area contributed by atoms with E-state index in [1.54, 1.807) is 0 Å². The predicted octanol–water partition coefficient (Wildman–Crippen LogP) is 3.51. The van der Waals surface area contributed by atoms with Gasteiger partial charge in [-0.15, -0.1) is 22.7 Å². The fraction of sp³-hybridized carbons (Fsp3) is 0. The van der Waals surface area contributed by atoms with Gasteiger partial charge in [0.25, 0.3) is 11.4 Å². The van der Waals surface area contributed by atoms with E-state index in [-0.39, 0.29) is 11.4 Å². The normalized spacial score (nSPS) is 10.5. The Morgan fingerprint density at radius 3 is 2.38 bits per heavy atom. The van der Waals surface area contributed by atoms with Crippen LogP contribution in [0.1, 0.15) is 0 Å². The Hall–Kier alpha value is -1.45. The van der Waals surface area contributed by atoms with Gasteiger partial charge in [0, 0.05) is 6.07 Å². The van der Waals surface area contributed by atoms with E-state index in [0.717, 1.165) is 28.7 Å². The number of fused-ring (bicyclic) bond motifs is 1. The molecule has 0 fully saturated rings. The molecule has 2 aromatic rings. The summed E-state index contributed by atoms with van der Waals surface area (Å²) >= 11 is 7.15. The molecule has 2 rings (SSSR count). The minimum Gasteiger partial charge on any atom is -0.258 e. The Bertz CT molecular complexity index is 659. The molecule has 0 bridgehead atoms. The van der Waals surface area contributed by atoms with Crippen LogP contribution < -0.4 is 0 Å².